The van der Waals surface area contributed by atoms with E-state index in [1.807, 2.05) is 58.3 Å². The lowest BCUT2D eigenvalue weighted by atomic mass is 10.00. The monoisotopic (exact) mass is 378 g/mol. The van der Waals surface area contributed by atoms with Crippen molar-refractivity contribution < 1.29 is 14.3 Å². The summed E-state index contributed by atoms with van der Waals surface area (Å²) in [5, 5.41) is 0. The summed E-state index contributed by atoms with van der Waals surface area (Å²) in [6, 6.07) is 15.1. The lowest BCUT2D eigenvalue weighted by molar-refractivity contribution is -0.133. The number of carbonyl (C=O) groups excluding carboxylic acids is 2. The lowest BCUT2D eigenvalue weighted by Gasteiger charge is -2.32. The van der Waals surface area contributed by atoms with Gasteiger partial charge in [0.2, 0.25) is 5.91 Å². The SMILES string of the molecule is COc1ccc([C@H](CC(=O)N2CCCCC2)N2Cc3ccccc3C2=O)cc1. The molecule has 2 heterocycles. The summed E-state index contributed by atoms with van der Waals surface area (Å²) < 4.78 is 5.27. The summed E-state index contributed by atoms with van der Waals surface area (Å²) in [5.74, 6) is 0.896. The number of fused-ring (bicyclic) bond motifs is 1. The largest absolute Gasteiger partial charge is 0.497 e. The first-order valence-corrected chi connectivity index (χ1v) is 9.98. The molecule has 146 valence electrons. The number of likely N-dealkylation sites (tertiary alicyclic amines) is 1. The third-order valence-corrected chi connectivity index (χ3v) is 5.80. The molecule has 0 bridgehead atoms. The number of methoxy groups -OCH3 is 1. The third-order valence-electron chi connectivity index (χ3n) is 5.80. The Bertz CT molecular complexity index is 856. The van der Waals surface area contributed by atoms with Gasteiger partial charge in [0.15, 0.2) is 0 Å². The van der Waals surface area contributed by atoms with Crippen LogP contribution >= 0.6 is 0 Å². The Balaban J connectivity index is 1.61. The Morgan fingerprint density at radius 2 is 1.75 bits per heavy atom. The Kier molecular flexibility index (Phi) is 5.33. The van der Waals surface area contributed by atoms with Gasteiger partial charge < -0.3 is 14.5 Å². The standard InChI is InChI=1S/C23H26N2O3/c1-28-19-11-9-17(10-12-19)21(15-22(26)24-13-5-2-6-14-24)25-16-18-7-3-4-8-20(18)23(25)27/h3-4,7-12,21H,2,5-6,13-16H2,1H3/t21-/m0/s1. The molecule has 0 unspecified atom stereocenters. The molecular formula is C23H26N2O3. The third kappa shape index (κ3) is 3.61. The summed E-state index contributed by atoms with van der Waals surface area (Å²) in [6.45, 7) is 2.18. The number of hydrogen-bond donors (Lipinski definition) is 0. The Labute approximate surface area is 165 Å². The molecule has 2 aromatic carbocycles. The predicted molar refractivity (Wildman–Crippen MR) is 107 cm³/mol. The Morgan fingerprint density at radius 3 is 2.43 bits per heavy atom. The van der Waals surface area contributed by atoms with Crippen LogP contribution in [-0.4, -0.2) is 41.8 Å². The van der Waals surface area contributed by atoms with Crippen LogP contribution in [0.2, 0.25) is 0 Å². The second-order valence-electron chi connectivity index (χ2n) is 7.52. The van der Waals surface area contributed by atoms with Crippen LogP contribution in [0.4, 0.5) is 0 Å². The number of rotatable bonds is 5. The number of carbonyl (C=O) groups is 2. The van der Waals surface area contributed by atoms with Gasteiger partial charge >= 0.3 is 0 Å². The molecule has 0 N–H and O–H groups in total. The molecule has 5 nitrogen and oxygen atoms in total. The highest BCUT2D eigenvalue weighted by Crippen LogP contribution is 2.34. The van der Waals surface area contributed by atoms with Gasteiger partial charge in [-0.15, -0.1) is 0 Å². The molecule has 4 rings (SSSR count). The van der Waals surface area contributed by atoms with Crippen molar-refractivity contribution >= 4 is 11.8 Å². The topological polar surface area (TPSA) is 49.9 Å². The van der Waals surface area contributed by atoms with Crippen molar-refractivity contribution in [1.29, 1.82) is 0 Å². The lowest BCUT2D eigenvalue weighted by Crippen LogP contribution is -2.39. The van der Waals surface area contributed by atoms with Crippen molar-refractivity contribution in [3.05, 3.63) is 65.2 Å². The fourth-order valence-corrected chi connectivity index (χ4v) is 4.20. The average Bonchev–Trinajstić information content (AvgIpc) is 3.09. The predicted octanol–water partition coefficient (Wildman–Crippen LogP) is 3.79. The number of ether oxygens (including phenoxy) is 1. The molecule has 0 radical (unpaired) electrons. The van der Waals surface area contributed by atoms with Gasteiger partial charge in [-0.3, -0.25) is 9.59 Å². The highest BCUT2D eigenvalue weighted by atomic mass is 16.5. The highest BCUT2D eigenvalue weighted by Gasteiger charge is 2.35. The summed E-state index contributed by atoms with van der Waals surface area (Å²) in [6.07, 6.45) is 3.62. The fraction of sp³-hybridized carbons (Fsp3) is 0.391. The van der Waals surface area contributed by atoms with Gasteiger partial charge in [0, 0.05) is 25.2 Å². The van der Waals surface area contributed by atoms with E-state index in [1.54, 1.807) is 7.11 Å². The molecule has 1 fully saturated rings. The quantitative estimate of drug-likeness (QED) is 0.795. The van der Waals surface area contributed by atoms with E-state index >= 15 is 0 Å². The average molecular weight is 378 g/mol. The molecule has 2 aromatic rings. The Hall–Kier alpha value is -2.82. The van der Waals surface area contributed by atoms with Gasteiger partial charge in [0.25, 0.3) is 5.91 Å². The minimum atomic E-state index is -0.278. The van der Waals surface area contributed by atoms with Crippen molar-refractivity contribution in [2.45, 2.75) is 38.3 Å². The number of nitrogens with zero attached hydrogens (tertiary/aromatic N) is 2. The van der Waals surface area contributed by atoms with Crippen LogP contribution < -0.4 is 4.74 Å². The highest BCUT2D eigenvalue weighted by molar-refractivity contribution is 5.98. The minimum Gasteiger partial charge on any atom is -0.497 e. The van der Waals surface area contributed by atoms with E-state index in [-0.39, 0.29) is 17.9 Å². The number of hydrogen-bond acceptors (Lipinski definition) is 3. The summed E-state index contributed by atoms with van der Waals surface area (Å²) >= 11 is 0. The molecule has 0 aromatic heterocycles. The van der Waals surface area contributed by atoms with Gasteiger partial charge in [-0.1, -0.05) is 30.3 Å². The molecule has 2 amide bonds. The molecule has 1 atom stereocenters. The number of piperidine rings is 1. The molecular weight excluding hydrogens is 352 g/mol. The van der Waals surface area contributed by atoms with E-state index in [1.165, 1.54) is 6.42 Å². The van der Waals surface area contributed by atoms with Gasteiger partial charge in [0.1, 0.15) is 5.75 Å². The van der Waals surface area contributed by atoms with E-state index < -0.39 is 0 Å². The second kappa shape index (κ2) is 8.05. The molecule has 28 heavy (non-hydrogen) atoms. The maximum Gasteiger partial charge on any atom is 0.255 e. The summed E-state index contributed by atoms with van der Waals surface area (Å²) in [4.78, 5) is 29.9. The number of benzene rings is 2. The maximum absolute atomic E-state index is 13.1. The first-order chi connectivity index (χ1) is 13.7. The van der Waals surface area contributed by atoms with Crippen LogP contribution in [0.1, 0.15) is 53.2 Å². The minimum absolute atomic E-state index is 0.00265. The molecule has 5 heteroatoms. The molecule has 2 aliphatic rings. The van der Waals surface area contributed by atoms with Crippen molar-refractivity contribution in [3.8, 4) is 5.75 Å². The maximum atomic E-state index is 13.1. The molecule has 0 saturated carbocycles. The van der Waals surface area contributed by atoms with E-state index in [0.29, 0.717) is 13.0 Å². The van der Waals surface area contributed by atoms with Gasteiger partial charge in [0.05, 0.1) is 19.6 Å². The fourth-order valence-electron chi connectivity index (χ4n) is 4.20. The van der Waals surface area contributed by atoms with Crippen molar-refractivity contribution in [3.63, 3.8) is 0 Å². The van der Waals surface area contributed by atoms with Gasteiger partial charge in [-0.25, -0.2) is 0 Å². The van der Waals surface area contributed by atoms with Gasteiger partial charge in [-0.2, -0.15) is 0 Å². The van der Waals surface area contributed by atoms with Crippen LogP contribution in [0.25, 0.3) is 0 Å². The molecule has 0 aliphatic carbocycles. The van der Waals surface area contributed by atoms with E-state index in [0.717, 1.165) is 48.4 Å². The van der Waals surface area contributed by atoms with Crippen molar-refractivity contribution in [2.75, 3.05) is 20.2 Å². The summed E-state index contributed by atoms with van der Waals surface area (Å²) in [7, 11) is 1.63. The van der Waals surface area contributed by atoms with E-state index in [2.05, 4.69) is 0 Å². The second-order valence-corrected chi connectivity index (χ2v) is 7.52. The molecule has 1 saturated heterocycles. The van der Waals surface area contributed by atoms with Gasteiger partial charge in [-0.05, 0) is 48.6 Å². The van der Waals surface area contributed by atoms with Crippen LogP contribution in [0.3, 0.4) is 0 Å². The van der Waals surface area contributed by atoms with Crippen LogP contribution in [-0.2, 0) is 11.3 Å². The zero-order valence-electron chi connectivity index (χ0n) is 16.3. The number of amides is 2. The van der Waals surface area contributed by atoms with Crippen molar-refractivity contribution in [2.24, 2.45) is 0 Å². The summed E-state index contributed by atoms with van der Waals surface area (Å²) in [5.41, 5.74) is 2.73. The first-order valence-electron chi connectivity index (χ1n) is 9.98. The zero-order valence-corrected chi connectivity index (χ0v) is 16.3. The molecule has 2 aliphatic heterocycles. The van der Waals surface area contributed by atoms with Crippen LogP contribution in [0.15, 0.2) is 48.5 Å². The Morgan fingerprint density at radius 1 is 1.04 bits per heavy atom. The van der Waals surface area contributed by atoms with E-state index in [4.69, 9.17) is 4.74 Å². The van der Waals surface area contributed by atoms with Crippen LogP contribution in [0, 0.1) is 0 Å². The van der Waals surface area contributed by atoms with E-state index in [9.17, 15) is 9.59 Å². The normalized spacial score (nSPS) is 17.4. The smallest absolute Gasteiger partial charge is 0.255 e. The zero-order chi connectivity index (χ0) is 19.5. The first kappa shape index (κ1) is 18.5. The molecule has 0 spiro atoms. The van der Waals surface area contributed by atoms with Crippen molar-refractivity contribution in [1.82, 2.24) is 9.80 Å². The van der Waals surface area contributed by atoms with Crippen LogP contribution in [0.5, 0.6) is 5.75 Å².